The summed E-state index contributed by atoms with van der Waals surface area (Å²) >= 11 is 0. The first kappa shape index (κ1) is 49.0. The number of allylic oxidation sites excluding steroid dienone is 1. The Morgan fingerprint density at radius 1 is 0.933 bits per heavy atom. The molecule has 4 aliphatic rings. The number of aliphatic carboxylic acids is 1. The fraction of sp³-hybridized carbons (Fsp3) is 0.500. The molecule has 1 aromatic heterocycles. The van der Waals surface area contributed by atoms with Gasteiger partial charge >= 0.3 is 11.9 Å². The molecule has 1 fully saturated rings. The third-order valence-electron chi connectivity index (χ3n) is 11.4. The molecule has 0 radical (unpaired) electrons. The van der Waals surface area contributed by atoms with Gasteiger partial charge in [0.1, 0.15) is 18.1 Å². The molecule has 7 rings (SSSR count). The van der Waals surface area contributed by atoms with Gasteiger partial charge in [-0.1, -0.05) is 67.9 Å². The number of fused-ring (bicyclic) bond motifs is 7. The third-order valence-corrected chi connectivity index (χ3v) is 11.4. The number of benzene rings is 2. The second-order valence-corrected chi connectivity index (χ2v) is 16.1. The van der Waals surface area contributed by atoms with Crippen LogP contribution in [0, 0.1) is 12.8 Å². The van der Waals surface area contributed by atoms with Crippen molar-refractivity contribution in [2.24, 2.45) is 5.92 Å². The van der Waals surface area contributed by atoms with E-state index in [1.807, 2.05) is 50.3 Å². The number of aromatic carboxylic acids is 1. The predicted octanol–water partition coefficient (Wildman–Crippen LogP) is 9.01. The summed E-state index contributed by atoms with van der Waals surface area (Å²) in [6, 6.07) is 9.70. The van der Waals surface area contributed by atoms with Gasteiger partial charge in [0, 0.05) is 71.7 Å². The number of methoxy groups -OCH3 is 2. The molecule has 1 aliphatic carbocycles. The van der Waals surface area contributed by atoms with Crippen LogP contribution < -0.4 is 19.6 Å². The number of hydrogen-bond donors (Lipinski definition) is 3. The van der Waals surface area contributed by atoms with Gasteiger partial charge in [0.15, 0.2) is 16.9 Å². The summed E-state index contributed by atoms with van der Waals surface area (Å²) in [7, 11) is 3.27. The highest BCUT2D eigenvalue weighted by molar-refractivity contribution is 5.89. The van der Waals surface area contributed by atoms with Gasteiger partial charge < -0.3 is 43.8 Å². The fourth-order valence-corrected chi connectivity index (χ4v) is 8.78. The number of carboxylic acids is 2. The minimum atomic E-state index is -1.17. The number of aliphatic hydroxyl groups is 1. The van der Waals surface area contributed by atoms with Gasteiger partial charge in [-0.2, -0.15) is 0 Å². The van der Waals surface area contributed by atoms with Crippen LogP contribution in [-0.4, -0.2) is 77.0 Å². The predicted molar refractivity (Wildman–Crippen MR) is 236 cm³/mol. The highest BCUT2D eigenvalue weighted by Gasteiger charge is 2.46. The molecule has 1 spiro atoms. The van der Waals surface area contributed by atoms with Gasteiger partial charge in [-0.15, -0.1) is 0 Å². The van der Waals surface area contributed by atoms with Gasteiger partial charge in [0.2, 0.25) is 0 Å². The summed E-state index contributed by atoms with van der Waals surface area (Å²) in [5.41, 5.74) is 6.64. The van der Waals surface area contributed by atoms with Gasteiger partial charge in [0.05, 0.1) is 32.1 Å². The van der Waals surface area contributed by atoms with Crippen molar-refractivity contribution in [3.05, 3.63) is 92.4 Å². The molecule has 0 saturated heterocycles. The van der Waals surface area contributed by atoms with Crippen LogP contribution in [-0.2, 0) is 27.0 Å². The molecule has 12 heteroatoms. The number of ether oxygens (including phenoxy) is 3. The van der Waals surface area contributed by atoms with Crippen LogP contribution in [0.15, 0.2) is 59.2 Å². The molecule has 3 N–H and O–H groups in total. The lowest BCUT2D eigenvalue weighted by molar-refractivity contribution is -0.132. The second kappa shape index (κ2) is 21.2. The maximum absolute atomic E-state index is 12.2. The number of carbonyl (C=O) groups excluding carboxylic acids is 1. The first-order valence-electron chi connectivity index (χ1n) is 20.9. The van der Waals surface area contributed by atoms with Gasteiger partial charge in [-0.3, -0.25) is 4.79 Å². The lowest BCUT2D eigenvalue weighted by atomic mass is 9.67. The van der Waals surface area contributed by atoms with E-state index in [0.29, 0.717) is 42.4 Å². The van der Waals surface area contributed by atoms with E-state index in [2.05, 4.69) is 58.6 Å². The molecule has 2 aromatic carbocycles. The van der Waals surface area contributed by atoms with Gasteiger partial charge in [0.25, 0.3) is 0 Å². The number of hydrogen-bond acceptors (Lipinski definition) is 9. The largest absolute Gasteiger partial charge is 0.496 e. The van der Waals surface area contributed by atoms with Crippen LogP contribution in [0.1, 0.15) is 127 Å². The molecule has 1 saturated carbocycles. The zero-order valence-electron chi connectivity index (χ0n) is 37.4. The van der Waals surface area contributed by atoms with Crippen LogP contribution in [0.4, 0.5) is 0 Å². The van der Waals surface area contributed by atoms with E-state index >= 15 is 0 Å². The quantitative estimate of drug-likeness (QED) is 0.176. The molecular formula is C48H66N2O10. The smallest absolute Gasteiger partial charge is 0.341 e. The Morgan fingerprint density at radius 3 is 2.08 bits per heavy atom. The summed E-state index contributed by atoms with van der Waals surface area (Å²) in [4.78, 5) is 45.4. The Kier molecular flexibility index (Phi) is 17.4. The standard InChI is InChI=1S/C23H31NO5.C19H19NO4.C3H8.C2H6.CH2O/c1-14(2)21-23(3,4)17-12-20(29-10-6-9-25)19(28-5)11-16(17)18-8-7-15(22(26)27)13-24(18)21;1-11-6-13-12(7-17(11)24-2)9-19(4-3-5-19)20-10-14(18(22)23)16(21)8-15(13)20;1-3-2;2*1-2/h8,11-14,21,25H,6-7,9-10H2,1-5H3,(H,26,27);6-8,10H,3-5,9H2,1-2H3,(H,22,23);3H2,1-2H3;1-2H3;1H2. The molecule has 60 heavy (non-hydrogen) atoms. The molecule has 12 nitrogen and oxygen atoms in total. The summed E-state index contributed by atoms with van der Waals surface area (Å²) < 4.78 is 19.0. The topological polar surface area (TPSA) is 165 Å². The molecular weight excluding hydrogens is 765 g/mol. The lowest BCUT2D eigenvalue weighted by Crippen LogP contribution is -2.52. The number of pyridine rings is 1. The highest BCUT2D eigenvalue weighted by Crippen LogP contribution is 2.51. The van der Waals surface area contributed by atoms with E-state index in [1.165, 1.54) is 18.1 Å². The molecule has 328 valence electrons. The number of aliphatic hydroxyl groups excluding tert-OH is 1. The van der Waals surface area contributed by atoms with Crippen molar-refractivity contribution >= 4 is 24.4 Å². The number of aryl methyl sites for hydroxylation is 1. The van der Waals surface area contributed by atoms with Crippen molar-refractivity contribution in [1.82, 2.24) is 9.47 Å². The second-order valence-electron chi connectivity index (χ2n) is 16.1. The molecule has 1 unspecified atom stereocenters. The van der Waals surface area contributed by atoms with Crippen molar-refractivity contribution < 1.29 is 43.9 Å². The zero-order valence-corrected chi connectivity index (χ0v) is 37.4. The summed E-state index contributed by atoms with van der Waals surface area (Å²) in [6.07, 6.45) is 11.5. The van der Waals surface area contributed by atoms with Crippen molar-refractivity contribution in [3.63, 3.8) is 0 Å². The maximum Gasteiger partial charge on any atom is 0.341 e. The van der Waals surface area contributed by atoms with Crippen LogP contribution in [0.3, 0.4) is 0 Å². The number of rotatable bonds is 9. The SMILES string of the molecule is C=O.CC.CCC.COc1cc2c(cc1C)-c1cc(=O)c(C(=O)O)cn1C1(CCC1)C2.COc1cc2c(cc1OCCCO)C(C)(C)C(C(C)C)N1C=C(C(=O)O)CC=C21. The first-order chi connectivity index (χ1) is 28.6. The molecule has 3 aromatic rings. The average Bonchev–Trinajstić information content (AvgIpc) is 3.21. The number of nitrogens with zero attached hydrogens (tertiary/aromatic N) is 2. The maximum atomic E-state index is 12.2. The van der Waals surface area contributed by atoms with E-state index in [1.54, 1.807) is 26.6 Å². The minimum absolute atomic E-state index is 0.0776. The number of carbonyl (C=O) groups is 3. The fourth-order valence-electron chi connectivity index (χ4n) is 8.78. The van der Waals surface area contributed by atoms with Crippen LogP contribution in [0.5, 0.6) is 17.2 Å². The zero-order chi connectivity index (χ0) is 45.1. The van der Waals surface area contributed by atoms with Crippen LogP contribution in [0.2, 0.25) is 0 Å². The minimum Gasteiger partial charge on any atom is -0.496 e. The lowest BCUT2D eigenvalue weighted by Gasteiger charge is -2.51. The van der Waals surface area contributed by atoms with Crippen molar-refractivity contribution in [2.75, 3.05) is 27.4 Å². The van der Waals surface area contributed by atoms with Crippen molar-refractivity contribution in [2.45, 2.75) is 124 Å². The monoisotopic (exact) mass is 830 g/mol. The molecule has 3 aliphatic heterocycles. The van der Waals surface area contributed by atoms with Crippen LogP contribution >= 0.6 is 0 Å². The Balaban J connectivity index is 0.000000282. The Labute approximate surface area is 355 Å². The average molecular weight is 831 g/mol. The summed E-state index contributed by atoms with van der Waals surface area (Å²) in [5.74, 6) is 0.405. The highest BCUT2D eigenvalue weighted by atomic mass is 16.5. The van der Waals surface area contributed by atoms with E-state index < -0.39 is 17.4 Å². The van der Waals surface area contributed by atoms with Gasteiger partial charge in [-0.25, -0.2) is 9.59 Å². The Morgan fingerprint density at radius 2 is 1.57 bits per heavy atom. The van der Waals surface area contributed by atoms with E-state index in [-0.39, 0.29) is 29.2 Å². The van der Waals surface area contributed by atoms with E-state index in [0.717, 1.165) is 65.1 Å². The van der Waals surface area contributed by atoms with Crippen LogP contribution in [0.25, 0.3) is 17.0 Å². The Hall–Kier alpha value is -5.36. The number of aromatic nitrogens is 1. The molecule has 0 amide bonds. The van der Waals surface area contributed by atoms with Crippen molar-refractivity contribution in [3.8, 4) is 28.5 Å². The van der Waals surface area contributed by atoms with E-state index in [4.69, 9.17) is 24.1 Å². The van der Waals surface area contributed by atoms with Crippen molar-refractivity contribution in [1.29, 1.82) is 0 Å². The molecule has 1 atom stereocenters. The van der Waals surface area contributed by atoms with E-state index in [9.17, 15) is 24.6 Å². The molecule has 4 heterocycles. The normalized spacial score (nSPS) is 16.8. The number of carboxylic acid groups (broad SMARTS) is 2. The summed E-state index contributed by atoms with van der Waals surface area (Å²) in [5, 5.41) is 27.9. The summed E-state index contributed by atoms with van der Waals surface area (Å²) in [6.45, 7) is 21.4. The third kappa shape index (κ3) is 9.81. The first-order valence-corrected chi connectivity index (χ1v) is 20.9. The van der Waals surface area contributed by atoms with Gasteiger partial charge in [-0.05, 0) is 79.5 Å². The molecule has 0 bridgehead atoms. The Bertz CT molecular complexity index is 2110.